The molecule has 0 aliphatic rings. The zero-order valence-electron chi connectivity index (χ0n) is 11.2. The average molecular weight is 279 g/mol. The van der Waals surface area contributed by atoms with Gasteiger partial charge in [-0.25, -0.2) is 13.2 Å². The Morgan fingerprint density at radius 2 is 1.70 bits per heavy atom. The van der Waals surface area contributed by atoms with Gasteiger partial charge in [-0.15, -0.1) is 0 Å². The van der Waals surface area contributed by atoms with E-state index in [1.807, 2.05) is 6.07 Å². The fourth-order valence-electron chi connectivity index (χ4n) is 2.06. The van der Waals surface area contributed by atoms with E-state index >= 15 is 0 Å². The normalized spacial score (nSPS) is 10.8. The Labute approximate surface area is 116 Å². The first-order chi connectivity index (χ1) is 9.61. The minimum atomic E-state index is -0.912. The summed E-state index contributed by atoms with van der Waals surface area (Å²) in [5.74, 6) is -2.69. The molecule has 0 atom stereocenters. The zero-order valence-corrected chi connectivity index (χ0v) is 11.2. The quantitative estimate of drug-likeness (QED) is 0.806. The number of rotatable bonds is 5. The Morgan fingerprint density at radius 1 is 1.00 bits per heavy atom. The van der Waals surface area contributed by atoms with Crippen molar-refractivity contribution in [2.24, 2.45) is 0 Å². The third-order valence-electron chi connectivity index (χ3n) is 2.98. The van der Waals surface area contributed by atoms with E-state index in [1.165, 1.54) is 0 Å². The molecule has 0 saturated carbocycles. The molecular formula is C16H16F3N. The van der Waals surface area contributed by atoms with Crippen molar-refractivity contribution in [3.63, 3.8) is 0 Å². The molecule has 0 bridgehead atoms. The molecule has 0 heterocycles. The molecule has 0 aliphatic heterocycles. The lowest BCUT2D eigenvalue weighted by atomic mass is 10.0. The van der Waals surface area contributed by atoms with Gasteiger partial charge in [0.05, 0.1) is 5.56 Å². The van der Waals surface area contributed by atoms with E-state index in [0.29, 0.717) is 24.2 Å². The van der Waals surface area contributed by atoms with Gasteiger partial charge < -0.3 is 5.32 Å². The summed E-state index contributed by atoms with van der Waals surface area (Å²) in [5, 5.41) is 3.22. The second-order valence-corrected chi connectivity index (χ2v) is 4.62. The standard InChI is InChI=1S/C16H16F3N/c1-2-6-20-10-11-4-3-5-12(7-11)16-14(18)8-13(17)9-15(16)19/h3-5,7-9,20H,2,6,10H2,1H3. The second kappa shape index (κ2) is 6.57. The number of halogens is 3. The molecule has 1 N–H and O–H groups in total. The monoisotopic (exact) mass is 279 g/mol. The minimum absolute atomic E-state index is 0.191. The van der Waals surface area contributed by atoms with Crippen LogP contribution in [0.25, 0.3) is 11.1 Å². The van der Waals surface area contributed by atoms with Gasteiger partial charge in [0, 0.05) is 18.7 Å². The molecule has 2 aromatic carbocycles. The first kappa shape index (κ1) is 14.6. The lowest BCUT2D eigenvalue weighted by Crippen LogP contribution is -2.13. The van der Waals surface area contributed by atoms with Gasteiger partial charge >= 0.3 is 0 Å². The van der Waals surface area contributed by atoms with Gasteiger partial charge in [-0.3, -0.25) is 0 Å². The molecule has 0 unspecified atom stereocenters. The Kier molecular flexibility index (Phi) is 4.79. The molecule has 0 amide bonds. The van der Waals surface area contributed by atoms with Crippen molar-refractivity contribution >= 4 is 0 Å². The van der Waals surface area contributed by atoms with Crippen molar-refractivity contribution < 1.29 is 13.2 Å². The van der Waals surface area contributed by atoms with E-state index < -0.39 is 17.5 Å². The van der Waals surface area contributed by atoms with Gasteiger partial charge in [0.25, 0.3) is 0 Å². The fraction of sp³-hybridized carbons (Fsp3) is 0.250. The number of benzene rings is 2. The van der Waals surface area contributed by atoms with Crippen LogP contribution in [0.4, 0.5) is 13.2 Å². The molecule has 4 heteroatoms. The highest BCUT2D eigenvalue weighted by atomic mass is 19.1. The van der Waals surface area contributed by atoms with Crippen LogP contribution in [0.5, 0.6) is 0 Å². The van der Waals surface area contributed by atoms with E-state index in [4.69, 9.17) is 0 Å². The predicted octanol–water partition coefficient (Wildman–Crippen LogP) is 4.27. The molecule has 1 nitrogen and oxygen atoms in total. The van der Waals surface area contributed by atoms with Crippen LogP contribution in [-0.2, 0) is 6.54 Å². The summed E-state index contributed by atoms with van der Waals surface area (Å²) in [5.41, 5.74) is 1.15. The van der Waals surface area contributed by atoms with Crippen LogP contribution in [0.3, 0.4) is 0 Å². The summed E-state index contributed by atoms with van der Waals surface area (Å²) < 4.78 is 40.4. The van der Waals surface area contributed by atoms with Gasteiger partial charge in [-0.1, -0.05) is 25.1 Å². The van der Waals surface area contributed by atoms with Crippen molar-refractivity contribution in [1.82, 2.24) is 5.32 Å². The summed E-state index contributed by atoms with van der Waals surface area (Å²) in [6.07, 6.45) is 1.01. The summed E-state index contributed by atoms with van der Waals surface area (Å²) in [6, 6.07) is 8.33. The maximum atomic E-state index is 13.7. The van der Waals surface area contributed by atoms with E-state index in [0.717, 1.165) is 18.5 Å². The highest BCUT2D eigenvalue weighted by Crippen LogP contribution is 2.27. The zero-order chi connectivity index (χ0) is 14.5. The number of hydrogen-bond acceptors (Lipinski definition) is 1. The average Bonchev–Trinajstić information content (AvgIpc) is 2.38. The van der Waals surface area contributed by atoms with Gasteiger partial charge in [0.1, 0.15) is 17.5 Å². The van der Waals surface area contributed by atoms with Crippen molar-refractivity contribution in [2.45, 2.75) is 19.9 Å². The van der Waals surface area contributed by atoms with E-state index in [1.54, 1.807) is 18.2 Å². The molecule has 2 rings (SSSR count). The molecular weight excluding hydrogens is 263 g/mol. The Balaban J connectivity index is 2.31. The van der Waals surface area contributed by atoms with Gasteiger partial charge in [0.15, 0.2) is 0 Å². The summed E-state index contributed by atoms with van der Waals surface area (Å²) in [7, 11) is 0. The summed E-state index contributed by atoms with van der Waals surface area (Å²) in [4.78, 5) is 0. The van der Waals surface area contributed by atoms with E-state index in [2.05, 4.69) is 12.2 Å². The Morgan fingerprint density at radius 3 is 2.35 bits per heavy atom. The van der Waals surface area contributed by atoms with Gasteiger partial charge in [-0.2, -0.15) is 0 Å². The van der Waals surface area contributed by atoms with Crippen LogP contribution in [0.2, 0.25) is 0 Å². The SMILES string of the molecule is CCCNCc1cccc(-c2c(F)cc(F)cc2F)c1. The topological polar surface area (TPSA) is 12.0 Å². The molecule has 20 heavy (non-hydrogen) atoms. The van der Waals surface area contributed by atoms with Crippen molar-refractivity contribution in [2.75, 3.05) is 6.54 Å². The van der Waals surface area contributed by atoms with Crippen LogP contribution < -0.4 is 5.32 Å². The molecule has 0 fully saturated rings. The van der Waals surface area contributed by atoms with Crippen molar-refractivity contribution in [1.29, 1.82) is 0 Å². The molecule has 106 valence electrons. The van der Waals surface area contributed by atoms with Crippen LogP contribution in [-0.4, -0.2) is 6.54 Å². The largest absolute Gasteiger partial charge is 0.313 e. The third kappa shape index (κ3) is 3.39. The Hall–Kier alpha value is -1.81. The first-order valence-electron chi connectivity index (χ1n) is 6.56. The molecule has 0 saturated heterocycles. The van der Waals surface area contributed by atoms with E-state index in [9.17, 15) is 13.2 Å². The predicted molar refractivity (Wildman–Crippen MR) is 73.7 cm³/mol. The molecule has 0 aromatic heterocycles. The minimum Gasteiger partial charge on any atom is -0.313 e. The van der Waals surface area contributed by atoms with E-state index in [-0.39, 0.29) is 5.56 Å². The molecule has 0 radical (unpaired) electrons. The van der Waals surface area contributed by atoms with Crippen LogP contribution in [0, 0.1) is 17.5 Å². The third-order valence-corrected chi connectivity index (χ3v) is 2.98. The van der Waals surface area contributed by atoms with Gasteiger partial charge in [0.2, 0.25) is 0 Å². The van der Waals surface area contributed by atoms with Crippen LogP contribution in [0.1, 0.15) is 18.9 Å². The van der Waals surface area contributed by atoms with Crippen molar-refractivity contribution in [3.8, 4) is 11.1 Å². The first-order valence-corrected chi connectivity index (χ1v) is 6.56. The second-order valence-electron chi connectivity index (χ2n) is 4.62. The highest BCUT2D eigenvalue weighted by molar-refractivity contribution is 5.65. The Bertz CT molecular complexity index is 573. The number of nitrogens with one attached hydrogen (secondary N) is 1. The maximum absolute atomic E-state index is 13.7. The maximum Gasteiger partial charge on any atom is 0.136 e. The lowest BCUT2D eigenvalue weighted by Gasteiger charge is -2.09. The summed E-state index contributed by atoms with van der Waals surface area (Å²) >= 11 is 0. The molecule has 2 aromatic rings. The molecule has 0 spiro atoms. The summed E-state index contributed by atoms with van der Waals surface area (Å²) in [6.45, 7) is 3.57. The van der Waals surface area contributed by atoms with Crippen LogP contribution in [0.15, 0.2) is 36.4 Å². The highest BCUT2D eigenvalue weighted by Gasteiger charge is 2.13. The van der Waals surface area contributed by atoms with Gasteiger partial charge in [-0.05, 0) is 30.2 Å². The lowest BCUT2D eigenvalue weighted by molar-refractivity contribution is 0.548. The fourth-order valence-corrected chi connectivity index (χ4v) is 2.06. The van der Waals surface area contributed by atoms with Crippen LogP contribution >= 0.6 is 0 Å². The smallest absolute Gasteiger partial charge is 0.136 e. The number of hydrogen-bond donors (Lipinski definition) is 1. The molecule has 0 aliphatic carbocycles. The van der Waals surface area contributed by atoms with Crippen molar-refractivity contribution in [3.05, 3.63) is 59.4 Å².